The maximum Gasteiger partial charge on any atom is 0.0509 e. The zero-order valence-corrected chi connectivity index (χ0v) is 6.52. The Morgan fingerprint density at radius 1 is 1.57 bits per heavy atom. The molecule has 7 heavy (non-hydrogen) atoms. The van der Waals surface area contributed by atoms with Crippen LogP contribution in [0.4, 0.5) is 0 Å². The lowest BCUT2D eigenvalue weighted by Gasteiger charge is -2.12. The second-order valence-corrected chi connectivity index (χ2v) is 3.90. The quantitative estimate of drug-likeness (QED) is 0.551. The molecular formula is C5H8BrS. The number of hydrogen-bond acceptors (Lipinski definition) is 1. The summed E-state index contributed by atoms with van der Waals surface area (Å²) >= 11 is 5.50. The minimum Gasteiger partial charge on any atom is -0.160 e. The monoisotopic (exact) mass is 179 g/mol. The minimum absolute atomic E-state index is 1.24. The van der Waals surface area contributed by atoms with Crippen molar-refractivity contribution >= 4 is 27.7 Å². The molecule has 1 radical (unpaired) electrons. The van der Waals surface area contributed by atoms with Crippen molar-refractivity contribution in [3.63, 3.8) is 0 Å². The van der Waals surface area contributed by atoms with Gasteiger partial charge >= 0.3 is 0 Å². The highest BCUT2D eigenvalue weighted by Crippen LogP contribution is 2.28. The van der Waals surface area contributed by atoms with Gasteiger partial charge in [0.25, 0.3) is 0 Å². The van der Waals surface area contributed by atoms with Crippen molar-refractivity contribution in [3.8, 4) is 0 Å². The van der Waals surface area contributed by atoms with Crippen molar-refractivity contribution in [2.45, 2.75) is 12.8 Å². The van der Waals surface area contributed by atoms with Gasteiger partial charge in [-0.25, -0.2) is 0 Å². The van der Waals surface area contributed by atoms with Gasteiger partial charge in [0.15, 0.2) is 0 Å². The summed E-state index contributed by atoms with van der Waals surface area (Å²) in [5, 5.41) is 0. The van der Waals surface area contributed by atoms with Gasteiger partial charge in [0, 0.05) is 5.75 Å². The highest BCUT2D eigenvalue weighted by molar-refractivity contribution is 9.11. The van der Waals surface area contributed by atoms with Crippen LogP contribution in [0.5, 0.6) is 0 Å². The lowest BCUT2D eigenvalue weighted by Crippen LogP contribution is -1.99. The van der Waals surface area contributed by atoms with Gasteiger partial charge in [-0.05, 0) is 18.6 Å². The van der Waals surface area contributed by atoms with E-state index in [0.717, 1.165) is 0 Å². The first-order chi connectivity index (χ1) is 3.39. The zero-order chi connectivity index (χ0) is 5.11. The van der Waals surface area contributed by atoms with Crippen LogP contribution < -0.4 is 0 Å². The molecule has 1 fully saturated rings. The smallest absolute Gasteiger partial charge is 0.0509 e. The van der Waals surface area contributed by atoms with Crippen molar-refractivity contribution in [2.75, 3.05) is 11.5 Å². The van der Waals surface area contributed by atoms with Gasteiger partial charge < -0.3 is 0 Å². The summed E-state index contributed by atoms with van der Waals surface area (Å²) in [6.07, 6.45) is 2.66. The average molecular weight is 180 g/mol. The van der Waals surface area contributed by atoms with E-state index in [4.69, 9.17) is 0 Å². The molecule has 1 heterocycles. The fourth-order valence-corrected chi connectivity index (χ4v) is 2.25. The molecule has 0 aromatic heterocycles. The Hall–Kier alpha value is 0.830. The van der Waals surface area contributed by atoms with Crippen LogP contribution in [-0.2, 0) is 0 Å². The third-order valence-electron chi connectivity index (χ3n) is 0.995. The summed E-state index contributed by atoms with van der Waals surface area (Å²) in [6.45, 7) is 0. The number of rotatable bonds is 0. The van der Waals surface area contributed by atoms with E-state index < -0.39 is 0 Å². The topological polar surface area (TPSA) is 0 Å². The van der Waals surface area contributed by atoms with Crippen molar-refractivity contribution in [2.24, 2.45) is 0 Å². The zero-order valence-electron chi connectivity index (χ0n) is 4.11. The van der Waals surface area contributed by atoms with E-state index in [1.165, 1.54) is 29.2 Å². The molecule has 0 saturated carbocycles. The first-order valence-electron chi connectivity index (χ1n) is 2.47. The van der Waals surface area contributed by atoms with Gasteiger partial charge in [-0.2, -0.15) is 11.8 Å². The van der Waals surface area contributed by atoms with Crippen molar-refractivity contribution in [1.82, 2.24) is 0 Å². The molecule has 0 atom stereocenters. The molecule has 0 amide bonds. The summed E-state index contributed by atoms with van der Waals surface area (Å²) in [5.41, 5.74) is 0. The van der Waals surface area contributed by atoms with Gasteiger partial charge in [0.2, 0.25) is 0 Å². The molecule has 0 bridgehead atoms. The van der Waals surface area contributed by atoms with E-state index in [1.807, 2.05) is 11.8 Å². The van der Waals surface area contributed by atoms with Gasteiger partial charge in [0.05, 0.1) is 4.83 Å². The van der Waals surface area contributed by atoms with Crippen LogP contribution >= 0.6 is 27.7 Å². The molecule has 0 aliphatic carbocycles. The van der Waals surface area contributed by atoms with Crippen LogP contribution in [0.1, 0.15) is 12.8 Å². The first-order valence-corrected chi connectivity index (χ1v) is 4.42. The van der Waals surface area contributed by atoms with E-state index in [0.29, 0.717) is 0 Å². The Kier molecular flexibility index (Phi) is 2.53. The molecular weight excluding hydrogens is 172 g/mol. The van der Waals surface area contributed by atoms with E-state index in [9.17, 15) is 0 Å². The third-order valence-corrected chi connectivity index (χ3v) is 3.17. The van der Waals surface area contributed by atoms with Crippen LogP contribution in [0.25, 0.3) is 0 Å². The van der Waals surface area contributed by atoms with E-state index in [-0.39, 0.29) is 0 Å². The predicted octanol–water partition coefficient (Wildman–Crippen LogP) is 2.44. The number of halogens is 1. The second-order valence-electron chi connectivity index (χ2n) is 1.67. The molecule has 41 valence electrons. The molecule has 1 aliphatic heterocycles. The second kappa shape index (κ2) is 2.98. The fraction of sp³-hybridized carbons (Fsp3) is 0.800. The van der Waals surface area contributed by atoms with Crippen LogP contribution in [0.3, 0.4) is 0 Å². The standard InChI is InChI=1S/C5H8BrS/c6-5-2-1-3-7-4-5/h1-4H2. The minimum atomic E-state index is 1.24. The van der Waals surface area contributed by atoms with Crippen LogP contribution in [0.15, 0.2) is 0 Å². The Morgan fingerprint density at radius 2 is 2.43 bits per heavy atom. The Labute approximate surface area is 57.2 Å². The number of thioether (sulfide) groups is 1. The highest BCUT2D eigenvalue weighted by Gasteiger charge is 2.08. The Morgan fingerprint density at radius 3 is 2.71 bits per heavy atom. The first kappa shape index (κ1) is 5.96. The third kappa shape index (κ3) is 2.04. The summed E-state index contributed by atoms with van der Waals surface area (Å²) in [6, 6.07) is 0. The molecule has 0 N–H and O–H groups in total. The van der Waals surface area contributed by atoms with Crippen LogP contribution in [0, 0.1) is 4.83 Å². The molecule has 0 unspecified atom stereocenters. The van der Waals surface area contributed by atoms with Gasteiger partial charge in [-0.15, -0.1) is 0 Å². The lowest BCUT2D eigenvalue weighted by molar-refractivity contribution is 0.879. The van der Waals surface area contributed by atoms with Crippen molar-refractivity contribution in [1.29, 1.82) is 0 Å². The molecule has 0 spiro atoms. The van der Waals surface area contributed by atoms with E-state index >= 15 is 0 Å². The van der Waals surface area contributed by atoms with Crippen LogP contribution in [-0.4, -0.2) is 11.5 Å². The molecule has 0 aromatic rings. The summed E-state index contributed by atoms with van der Waals surface area (Å²) in [5.74, 6) is 2.59. The van der Waals surface area contributed by atoms with Gasteiger partial charge in [0.1, 0.15) is 0 Å². The average Bonchev–Trinajstić information content (AvgIpc) is 1.69. The summed E-state index contributed by atoms with van der Waals surface area (Å²) < 4.78 is 0. The Bertz CT molecular complexity index is 50.0. The summed E-state index contributed by atoms with van der Waals surface area (Å²) in [4.78, 5) is 1.49. The maximum absolute atomic E-state index is 3.48. The van der Waals surface area contributed by atoms with E-state index in [2.05, 4.69) is 15.9 Å². The maximum atomic E-state index is 3.48. The molecule has 0 nitrogen and oxygen atoms in total. The molecule has 0 aromatic carbocycles. The molecule has 1 saturated heterocycles. The normalized spacial score (nSPS) is 25.3. The van der Waals surface area contributed by atoms with Crippen LogP contribution in [0.2, 0.25) is 0 Å². The highest BCUT2D eigenvalue weighted by atomic mass is 79.9. The fourth-order valence-electron chi connectivity index (χ4n) is 0.621. The SMILES string of the molecule is Br[C]1CCCSC1. The predicted molar refractivity (Wildman–Crippen MR) is 38.7 cm³/mol. The largest absolute Gasteiger partial charge is 0.160 e. The van der Waals surface area contributed by atoms with Gasteiger partial charge in [-0.3, -0.25) is 0 Å². The van der Waals surface area contributed by atoms with Gasteiger partial charge in [-0.1, -0.05) is 15.9 Å². The molecule has 1 aliphatic rings. The van der Waals surface area contributed by atoms with Crippen molar-refractivity contribution in [3.05, 3.63) is 4.83 Å². The lowest BCUT2D eigenvalue weighted by atomic mass is 10.3. The molecule has 1 rings (SSSR count). The molecule has 2 heteroatoms. The Balaban J connectivity index is 2.12. The summed E-state index contributed by atoms with van der Waals surface area (Å²) in [7, 11) is 0. The van der Waals surface area contributed by atoms with Crippen molar-refractivity contribution < 1.29 is 0 Å². The van der Waals surface area contributed by atoms with E-state index in [1.54, 1.807) is 0 Å². The number of hydrogen-bond donors (Lipinski definition) is 0.